The van der Waals surface area contributed by atoms with Gasteiger partial charge in [0, 0.05) is 11.6 Å². The van der Waals surface area contributed by atoms with Gasteiger partial charge < -0.3 is 18.9 Å². The predicted octanol–water partition coefficient (Wildman–Crippen LogP) is 6.81. The number of nitrogens with zero attached hydrogens (tertiary/aromatic N) is 3. The molecule has 0 saturated heterocycles. The molecule has 1 N–H and O–H groups in total. The van der Waals surface area contributed by atoms with Crippen molar-refractivity contribution in [3.63, 3.8) is 0 Å². The molecule has 1 amide bonds. The smallest absolute Gasteiger partial charge is 0.318 e. The number of amides is 1. The molecule has 0 unspecified atom stereocenters. The summed E-state index contributed by atoms with van der Waals surface area (Å²) >= 11 is 3.35. The highest BCUT2D eigenvalue weighted by Crippen LogP contribution is 2.42. The first-order valence-electron chi connectivity index (χ1n) is 12.9. The standard InChI is InChI=1S/C30H25BrN4O9/c1-3-42-27-15-21(9-11-26(27)43-18-19-7-5-4-6-8-19)30(36)33-32-17-20-13-23(31)29(28(14-20)41-2)44-25-12-10-22(34(37)38)16-24(25)35(39)40/h4-17H,3,18H2,1-2H3,(H,33,36)/b32-17+. The van der Waals surface area contributed by atoms with E-state index >= 15 is 0 Å². The summed E-state index contributed by atoms with van der Waals surface area (Å²) in [7, 11) is 1.37. The number of nitro groups is 2. The van der Waals surface area contributed by atoms with Gasteiger partial charge in [0.15, 0.2) is 23.0 Å². The van der Waals surface area contributed by atoms with Crippen LogP contribution in [0.3, 0.4) is 0 Å². The largest absolute Gasteiger partial charge is 0.493 e. The van der Waals surface area contributed by atoms with Crippen LogP contribution in [0.1, 0.15) is 28.4 Å². The Balaban J connectivity index is 1.47. The highest BCUT2D eigenvalue weighted by Gasteiger charge is 2.23. The maximum Gasteiger partial charge on any atom is 0.318 e. The number of rotatable bonds is 13. The van der Waals surface area contributed by atoms with Gasteiger partial charge in [0.25, 0.3) is 11.6 Å². The van der Waals surface area contributed by atoms with Crippen molar-refractivity contribution >= 4 is 39.4 Å². The number of nitrogens with one attached hydrogen (secondary N) is 1. The number of hydrogen-bond acceptors (Lipinski definition) is 10. The molecule has 4 aromatic rings. The first kappa shape index (κ1) is 31.4. The molecule has 226 valence electrons. The average molecular weight is 665 g/mol. The summed E-state index contributed by atoms with van der Waals surface area (Å²) in [6.45, 7) is 2.54. The molecule has 13 nitrogen and oxygen atoms in total. The minimum Gasteiger partial charge on any atom is -0.493 e. The van der Waals surface area contributed by atoms with Gasteiger partial charge in [0.2, 0.25) is 5.75 Å². The zero-order valence-corrected chi connectivity index (χ0v) is 25.0. The van der Waals surface area contributed by atoms with Gasteiger partial charge in [0.1, 0.15) is 6.61 Å². The number of carbonyl (C=O) groups excluding carboxylic acids is 1. The van der Waals surface area contributed by atoms with Crippen LogP contribution in [-0.4, -0.2) is 35.7 Å². The van der Waals surface area contributed by atoms with Crippen molar-refractivity contribution in [1.29, 1.82) is 0 Å². The number of hydrogen-bond donors (Lipinski definition) is 1. The third kappa shape index (κ3) is 7.86. The van der Waals surface area contributed by atoms with Crippen LogP contribution in [0, 0.1) is 20.2 Å². The topological polar surface area (TPSA) is 165 Å². The minimum atomic E-state index is -0.783. The lowest BCUT2D eigenvalue weighted by Crippen LogP contribution is -2.17. The number of carbonyl (C=O) groups is 1. The van der Waals surface area contributed by atoms with Crippen LogP contribution in [-0.2, 0) is 6.61 Å². The van der Waals surface area contributed by atoms with Crippen LogP contribution >= 0.6 is 15.9 Å². The zero-order chi connectivity index (χ0) is 31.6. The quantitative estimate of drug-likeness (QED) is 0.0918. The Morgan fingerprint density at radius 3 is 2.34 bits per heavy atom. The van der Waals surface area contributed by atoms with Gasteiger partial charge in [0.05, 0.1) is 40.3 Å². The molecule has 0 atom stereocenters. The second kappa shape index (κ2) is 14.6. The van der Waals surface area contributed by atoms with E-state index in [0.717, 1.165) is 23.8 Å². The molecular formula is C30H25BrN4O9. The van der Waals surface area contributed by atoms with Gasteiger partial charge in [-0.1, -0.05) is 30.3 Å². The van der Waals surface area contributed by atoms with Crippen LogP contribution in [0.25, 0.3) is 0 Å². The van der Waals surface area contributed by atoms with Crippen molar-refractivity contribution < 1.29 is 33.6 Å². The van der Waals surface area contributed by atoms with Crippen LogP contribution in [0.2, 0.25) is 0 Å². The van der Waals surface area contributed by atoms with Crippen molar-refractivity contribution in [1.82, 2.24) is 5.43 Å². The van der Waals surface area contributed by atoms with E-state index in [1.165, 1.54) is 19.4 Å². The number of halogens is 1. The predicted molar refractivity (Wildman–Crippen MR) is 164 cm³/mol. The first-order valence-corrected chi connectivity index (χ1v) is 13.7. The van der Waals surface area contributed by atoms with E-state index in [1.54, 1.807) is 24.3 Å². The summed E-state index contributed by atoms with van der Waals surface area (Å²) in [6, 6.07) is 20.6. The molecule has 0 radical (unpaired) electrons. The summed E-state index contributed by atoms with van der Waals surface area (Å²) in [5.74, 6) is 0.451. The normalized spacial score (nSPS) is 10.7. The first-order chi connectivity index (χ1) is 21.2. The van der Waals surface area contributed by atoms with Crippen LogP contribution in [0.5, 0.6) is 28.7 Å². The van der Waals surface area contributed by atoms with Gasteiger partial charge in [-0.05, 0) is 70.4 Å². The molecule has 0 aliphatic heterocycles. The van der Waals surface area contributed by atoms with Crippen molar-refractivity contribution in [2.75, 3.05) is 13.7 Å². The third-order valence-electron chi connectivity index (χ3n) is 5.94. The van der Waals surface area contributed by atoms with E-state index in [4.69, 9.17) is 18.9 Å². The fourth-order valence-electron chi connectivity index (χ4n) is 3.87. The Morgan fingerprint density at radius 1 is 0.909 bits per heavy atom. The average Bonchev–Trinajstić information content (AvgIpc) is 3.02. The monoisotopic (exact) mass is 664 g/mol. The van der Waals surface area contributed by atoms with Gasteiger partial charge in [-0.2, -0.15) is 5.10 Å². The summed E-state index contributed by atoms with van der Waals surface area (Å²) in [6.07, 6.45) is 1.37. The molecule has 0 bridgehead atoms. The molecule has 44 heavy (non-hydrogen) atoms. The lowest BCUT2D eigenvalue weighted by atomic mass is 10.2. The van der Waals surface area contributed by atoms with Crippen molar-refractivity contribution in [3.05, 3.63) is 120 Å². The maximum absolute atomic E-state index is 12.8. The number of nitro benzene ring substituents is 2. The molecule has 0 saturated carbocycles. The Hall–Kier alpha value is -5.50. The lowest BCUT2D eigenvalue weighted by molar-refractivity contribution is -0.394. The van der Waals surface area contributed by atoms with Crippen LogP contribution < -0.4 is 24.4 Å². The molecule has 14 heteroatoms. The number of benzene rings is 4. The summed E-state index contributed by atoms with van der Waals surface area (Å²) in [4.78, 5) is 33.8. The maximum atomic E-state index is 12.8. The Labute approximate surface area is 259 Å². The van der Waals surface area contributed by atoms with Crippen molar-refractivity contribution in [3.8, 4) is 28.7 Å². The lowest BCUT2D eigenvalue weighted by Gasteiger charge is -2.13. The second-order valence-electron chi connectivity index (χ2n) is 8.87. The summed E-state index contributed by atoms with van der Waals surface area (Å²) < 4.78 is 23.0. The summed E-state index contributed by atoms with van der Waals surface area (Å²) in [5.41, 5.74) is 3.18. The Kier molecular flexibility index (Phi) is 10.4. The molecule has 0 aliphatic rings. The van der Waals surface area contributed by atoms with Gasteiger partial charge >= 0.3 is 5.69 Å². The molecule has 0 aromatic heterocycles. The van der Waals surface area contributed by atoms with Crippen LogP contribution in [0.15, 0.2) is 88.4 Å². The SMILES string of the molecule is CCOc1cc(C(=O)N/N=C/c2cc(Br)c(Oc3ccc([N+](=O)[O-])cc3[N+](=O)[O-])c(OC)c2)ccc1OCc1ccccc1. The molecule has 0 spiro atoms. The van der Waals surface area contributed by atoms with E-state index < -0.39 is 27.1 Å². The second-order valence-corrected chi connectivity index (χ2v) is 9.72. The van der Waals surface area contributed by atoms with Crippen molar-refractivity contribution in [2.24, 2.45) is 5.10 Å². The highest BCUT2D eigenvalue weighted by atomic mass is 79.9. The fourth-order valence-corrected chi connectivity index (χ4v) is 4.41. The van der Waals surface area contributed by atoms with E-state index in [-0.39, 0.29) is 17.2 Å². The van der Waals surface area contributed by atoms with E-state index in [1.807, 2.05) is 37.3 Å². The Bertz CT molecular complexity index is 1710. The van der Waals surface area contributed by atoms with E-state index in [9.17, 15) is 25.0 Å². The molecule has 0 aliphatic carbocycles. The number of hydrazone groups is 1. The highest BCUT2D eigenvalue weighted by molar-refractivity contribution is 9.10. The minimum absolute atomic E-state index is 0.0867. The number of non-ortho nitro benzene ring substituents is 1. The van der Waals surface area contributed by atoms with E-state index in [2.05, 4.69) is 26.5 Å². The number of methoxy groups -OCH3 is 1. The van der Waals surface area contributed by atoms with E-state index in [0.29, 0.717) is 40.3 Å². The number of ether oxygens (including phenoxy) is 4. The summed E-state index contributed by atoms with van der Waals surface area (Å²) in [5, 5.41) is 26.6. The van der Waals surface area contributed by atoms with Gasteiger partial charge in [-0.25, -0.2) is 5.43 Å². The van der Waals surface area contributed by atoms with Crippen LogP contribution in [0.4, 0.5) is 11.4 Å². The molecule has 4 rings (SSSR count). The fraction of sp³-hybridized carbons (Fsp3) is 0.133. The Morgan fingerprint density at radius 2 is 1.66 bits per heavy atom. The third-order valence-corrected chi connectivity index (χ3v) is 6.53. The zero-order valence-electron chi connectivity index (χ0n) is 23.4. The van der Waals surface area contributed by atoms with Gasteiger partial charge in [-0.3, -0.25) is 25.0 Å². The van der Waals surface area contributed by atoms with Crippen molar-refractivity contribution in [2.45, 2.75) is 13.5 Å². The molecular weight excluding hydrogens is 640 g/mol. The molecule has 4 aromatic carbocycles. The van der Waals surface area contributed by atoms with Gasteiger partial charge in [-0.15, -0.1) is 0 Å². The molecule has 0 fully saturated rings. The molecule has 0 heterocycles.